The van der Waals surface area contributed by atoms with Crippen LogP contribution in [0.5, 0.6) is 0 Å². The smallest absolute Gasteiger partial charge is 0.356 e. The molecule has 0 fully saturated rings. The van der Waals surface area contributed by atoms with Gasteiger partial charge in [0.15, 0.2) is 5.69 Å². The van der Waals surface area contributed by atoms with Crippen LogP contribution in [0.1, 0.15) is 52.3 Å². The number of carbonyl (C=O) groups is 2. The number of aromatic carboxylic acids is 1. The first-order chi connectivity index (χ1) is 11.4. The summed E-state index contributed by atoms with van der Waals surface area (Å²) in [4.78, 5) is 30.3. The van der Waals surface area contributed by atoms with Crippen molar-refractivity contribution in [3.05, 3.63) is 59.2 Å². The Bertz CT molecular complexity index is 751. The minimum absolute atomic E-state index is 0.0939. The first-order valence-corrected chi connectivity index (χ1v) is 7.23. The average molecular weight is 335 g/mol. The van der Waals surface area contributed by atoms with Gasteiger partial charge in [0.2, 0.25) is 0 Å². The highest BCUT2D eigenvalue weighted by atomic mass is 19.1. The van der Waals surface area contributed by atoms with E-state index < -0.39 is 29.6 Å². The summed E-state index contributed by atoms with van der Waals surface area (Å²) < 4.78 is 27.0. The highest BCUT2D eigenvalue weighted by Gasteiger charge is 2.20. The molecule has 0 radical (unpaired) electrons. The molecule has 2 rings (SSSR count). The Balaban J connectivity index is 2.20. The van der Waals surface area contributed by atoms with Crippen LogP contribution in [0.4, 0.5) is 8.78 Å². The lowest BCUT2D eigenvalue weighted by molar-refractivity contribution is 0.0688. The van der Waals surface area contributed by atoms with Gasteiger partial charge in [0, 0.05) is 11.6 Å². The summed E-state index contributed by atoms with van der Waals surface area (Å²) in [5.41, 5.74) is -0.216. The van der Waals surface area contributed by atoms with E-state index in [2.05, 4.69) is 15.3 Å². The lowest BCUT2D eigenvalue weighted by Crippen LogP contribution is -2.30. The molecule has 8 heteroatoms. The number of hydrogen-bond acceptors (Lipinski definition) is 4. The molecule has 1 unspecified atom stereocenters. The van der Waals surface area contributed by atoms with E-state index in [0.717, 1.165) is 24.5 Å². The van der Waals surface area contributed by atoms with Crippen molar-refractivity contribution in [2.24, 2.45) is 0 Å². The van der Waals surface area contributed by atoms with E-state index in [4.69, 9.17) is 5.11 Å². The van der Waals surface area contributed by atoms with Crippen LogP contribution in [0.25, 0.3) is 0 Å². The largest absolute Gasteiger partial charge is 0.476 e. The molecule has 0 saturated heterocycles. The third-order valence-corrected chi connectivity index (χ3v) is 3.32. The number of amides is 1. The third kappa shape index (κ3) is 4.09. The van der Waals surface area contributed by atoms with E-state index in [1.165, 1.54) is 6.07 Å². The molecule has 0 aliphatic rings. The minimum atomic E-state index is -1.26. The Labute approximate surface area is 136 Å². The Kier molecular flexibility index (Phi) is 5.51. The number of carboxylic acid groups (broad SMARTS) is 1. The summed E-state index contributed by atoms with van der Waals surface area (Å²) in [5.74, 6) is -3.33. The van der Waals surface area contributed by atoms with E-state index in [9.17, 15) is 18.4 Å². The number of carbonyl (C=O) groups excluding carboxylic acids is 1. The lowest BCUT2D eigenvalue weighted by atomic mass is 10.0. The standard InChI is InChI=1S/C16H15F2N3O3/c1-2-3-12(10-5-4-9(17)6-11(10)18)21-15(22)13-7-20-14(8-19-13)16(23)24/h4-8,12H,2-3H2,1H3,(H,21,22)(H,23,24). The van der Waals surface area contributed by atoms with E-state index in [1.807, 2.05) is 6.92 Å². The van der Waals surface area contributed by atoms with Gasteiger partial charge in [-0.15, -0.1) is 0 Å². The molecule has 0 bridgehead atoms. The summed E-state index contributed by atoms with van der Waals surface area (Å²) >= 11 is 0. The second-order valence-corrected chi connectivity index (χ2v) is 5.07. The zero-order chi connectivity index (χ0) is 17.7. The van der Waals surface area contributed by atoms with Crippen LogP contribution in [0.2, 0.25) is 0 Å². The maximum absolute atomic E-state index is 13.9. The minimum Gasteiger partial charge on any atom is -0.476 e. The fourth-order valence-corrected chi connectivity index (χ4v) is 2.17. The maximum Gasteiger partial charge on any atom is 0.356 e. The van der Waals surface area contributed by atoms with Crippen molar-refractivity contribution in [1.82, 2.24) is 15.3 Å². The van der Waals surface area contributed by atoms with Gasteiger partial charge in [0.25, 0.3) is 5.91 Å². The van der Waals surface area contributed by atoms with Crippen molar-refractivity contribution in [2.45, 2.75) is 25.8 Å². The van der Waals surface area contributed by atoms with Crippen LogP contribution >= 0.6 is 0 Å². The Hall–Kier alpha value is -2.90. The number of carboxylic acids is 1. The molecule has 126 valence electrons. The number of hydrogen-bond donors (Lipinski definition) is 2. The number of benzene rings is 1. The summed E-state index contributed by atoms with van der Waals surface area (Å²) in [7, 11) is 0. The molecule has 2 N–H and O–H groups in total. The van der Waals surface area contributed by atoms with Crippen molar-refractivity contribution >= 4 is 11.9 Å². The molecule has 0 aliphatic heterocycles. The topological polar surface area (TPSA) is 92.2 Å². The van der Waals surface area contributed by atoms with Crippen molar-refractivity contribution < 1.29 is 23.5 Å². The molecule has 2 aromatic rings. The van der Waals surface area contributed by atoms with E-state index in [-0.39, 0.29) is 17.0 Å². The Morgan fingerprint density at radius 1 is 1.21 bits per heavy atom. The van der Waals surface area contributed by atoms with Gasteiger partial charge >= 0.3 is 5.97 Å². The van der Waals surface area contributed by atoms with Crippen LogP contribution < -0.4 is 5.32 Å². The molecule has 1 heterocycles. The normalized spacial score (nSPS) is 11.8. The number of halogens is 2. The second kappa shape index (κ2) is 7.58. The zero-order valence-electron chi connectivity index (χ0n) is 12.8. The zero-order valence-corrected chi connectivity index (χ0v) is 12.8. The van der Waals surface area contributed by atoms with Gasteiger partial charge in [0.1, 0.15) is 17.3 Å². The second-order valence-electron chi connectivity index (χ2n) is 5.07. The van der Waals surface area contributed by atoms with Gasteiger partial charge in [-0.2, -0.15) is 0 Å². The quantitative estimate of drug-likeness (QED) is 0.847. The van der Waals surface area contributed by atoms with Gasteiger partial charge < -0.3 is 10.4 Å². The number of rotatable bonds is 6. The first-order valence-electron chi connectivity index (χ1n) is 7.23. The molecule has 1 aromatic carbocycles. The predicted molar refractivity (Wildman–Crippen MR) is 80.5 cm³/mol. The van der Waals surface area contributed by atoms with Crippen molar-refractivity contribution in [2.75, 3.05) is 0 Å². The maximum atomic E-state index is 13.9. The van der Waals surface area contributed by atoms with Gasteiger partial charge in [-0.25, -0.2) is 23.5 Å². The van der Waals surface area contributed by atoms with Gasteiger partial charge in [0.05, 0.1) is 18.4 Å². The Morgan fingerprint density at radius 3 is 2.42 bits per heavy atom. The van der Waals surface area contributed by atoms with Gasteiger partial charge in [-0.3, -0.25) is 4.79 Å². The molecular weight excluding hydrogens is 320 g/mol. The molecule has 24 heavy (non-hydrogen) atoms. The predicted octanol–water partition coefficient (Wildman–Crippen LogP) is 2.72. The highest BCUT2D eigenvalue weighted by molar-refractivity contribution is 5.93. The molecule has 0 saturated carbocycles. The molecule has 1 aromatic heterocycles. The first kappa shape index (κ1) is 17.5. The molecule has 6 nitrogen and oxygen atoms in total. The summed E-state index contributed by atoms with van der Waals surface area (Å²) in [6.07, 6.45) is 3.09. The molecule has 1 amide bonds. The molecule has 1 atom stereocenters. The van der Waals surface area contributed by atoms with Crippen LogP contribution in [-0.4, -0.2) is 27.0 Å². The number of aromatic nitrogens is 2. The van der Waals surface area contributed by atoms with Crippen molar-refractivity contribution in [1.29, 1.82) is 0 Å². The van der Waals surface area contributed by atoms with Gasteiger partial charge in [-0.1, -0.05) is 19.4 Å². The number of nitrogens with one attached hydrogen (secondary N) is 1. The van der Waals surface area contributed by atoms with Gasteiger partial charge in [-0.05, 0) is 12.5 Å². The van der Waals surface area contributed by atoms with Crippen molar-refractivity contribution in [3.8, 4) is 0 Å². The molecular formula is C16H15F2N3O3. The van der Waals surface area contributed by atoms with E-state index >= 15 is 0 Å². The monoisotopic (exact) mass is 335 g/mol. The lowest BCUT2D eigenvalue weighted by Gasteiger charge is -2.19. The molecule has 0 spiro atoms. The Morgan fingerprint density at radius 2 is 1.88 bits per heavy atom. The number of nitrogens with zero attached hydrogens (tertiary/aromatic N) is 2. The van der Waals surface area contributed by atoms with Crippen LogP contribution in [0.3, 0.4) is 0 Å². The van der Waals surface area contributed by atoms with E-state index in [1.54, 1.807) is 0 Å². The summed E-state index contributed by atoms with van der Waals surface area (Å²) in [6, 6.07) is 2.49. The fourth-order valence-electron chi connectivity index (χ4n) is 2.17. The van der Waals surface area contributed by atoms with Crippen molar-refractivity contribution in [3.63, 3.8) is 0 Å². The average Bonchev–Trinajstić information content (AvgIpc) is 2.54. The SMILES string of the molecule is CCCC(NC(=O)c1cnc(C(=O)O)cn1)c1ccc(F)cc1F. The molecule has 0 aliphatic carbocycles. The van der Waals surface area contributed by atoms with E-state index in [0.29, 0.717) is 12.8 Å². The highest BCUT2D eigenvalue weighted by Crippen LogP contribution is 2.22. The van der Waals surface area contributed by atoms with Crippen LogP contribution in [0, 0.1) is 11.6 Å². The summed E-state index contributed by atoms with van der Waals surface area (Å²) in [5, 5.41) is 11.4. The fraction of sp³-hybridized carbons (Fsp3) is 0.250. The van der Waals surface area contributed by atoms with Crippen LogP contribution in [0.15, 0.2) is 30.6 Å². The summed E-state index contributed by atoms with van der Waals surface area (Å²) in [6.45, 7) is 1.86. The third-order valence-electron chi connectivity index (χ3n) is 3.32. The van der Waals surface area contributed by atoms with Crippen LogP contribution in [-0.2, 0) is 0 Å².